The molecule has 4 aliphatic rings. The highest BCUT2D eigenvalue weighted by Crippen LogP contribution is 2.41. The van der Waals surface area contributed by atoms with E-state index in [0.29, 0.717) is 0 Å². The van der Waals surface area contributed by atoms with Crippen molar-refractivity contribution in [2.75, 3.05) is 0 Å². The minimum atomic E-state index is 0.882. The van der Waals surface area contributed by atoms with Crippen LogP contribution in [0.25, 0.3) is 44.5 Å². The van der Waals surface area contributed by atoms with Gasteiger partial charge in [-0.1, -0.05) is 6.07 Å². The number of hydrogen-bond donors (Lipinski definition) is 0. The Labute approximate surface area is 403 Å². The zero-order chi connectivity index (χ0) is 48.6. The van der Waals surface area contributed by atoms with Crippen LogP contribution in [0.3, 0.4) is 0 Å². The van der Waals surface area contributed by atoms with Gasteiger partial charge in [-0.3, -0.25) is 39.9 Å². The third-order valence-electron chi connectivity index (χ3n) is 14.9. The molecule has 0 N–H and O–H groups in total. The van der Waals surface area contributed by atoms with Gasteiger partial charge in [0.15, 0.2) is 0 Å². The van der Waals surface area contributed by atoms with Gasteiger partial charge in [-0.25, -0.2) is 0 Å². The molecule has 0 fully saturated rings. The second-order valence-electron chi connectivity index (χ2n) is 19.8. The molecular formula is C60H64N8. The molecular weight excluding hydrogens is 833 g/mol. The molecule has 0 saturated heterocycles. The van der Waals surface area contributed by atoms with Crippen molar-refractivity contribution in [1.29, 1.82) is 0 Å². The SMILES string of the molecule is Cc1cc(C)c2c(n1)Cc1nc(C)c(C)cc1-2.Cc1cc2c(nc1C)Cc1nc(C)c(C)cc1-2.Cc1cc2c(nc1C)Cc1ncc(C)c(C)c1-2.Cc1ccc2c(n1)Cc1nc(C)c(C)c(C)c1-2. The lowest BCUT2D eigenvalue weighted by molar-refractivity contribution is 1.00. The van der Waals surface area contributed by atoms with E-state index >= 15 is 0 Å². The van der Waals surface area contributed by atoms with E-state index in [1.807, 2.05) is 13.1 Å². The minimum absolute atomic E-state index is 0.882. The first-order valence-electron chi connectivity index (χ1n) is 24.0. The summed E-state index contributed by atoms with van der Waals surface area (Å²) in [6, 6.07) is 15.4. The normalized spacial score (nSPS) is 12.5. The summed E-state index contributed by atoms with van der Waals surface area (Å²) < 4.78 is 0. The van der Waals surface area contributed by atoms with E-state index in [9.17, 15) is 0 Å². The molecule has 0 aromatic carbocycles. The summed E-state index contributed by atoms with van der Waals surface area (Å²) in [5, 5.41) is 0. The lowest BCUT2D eigenvalue weighted by atomic mass is 9.99. The summed E-state index contributed by atoms with van der Waals surface area (Å²) in [4.78, 5) is 37.3. The molecule has 0 atom stereocenters. The Morgan fingerprint density at radius 1 is 0.279 bits per heavy atom. The summed E-state index contributed by atoms with van der Waals surface area (Å²) in [7, 11) is 0. The molecule has 0 aliphatic heterocycles. The average Bonchev–Trinajstić information content (AvgIpc) is 4.02. The van der Waals surface area contributed by atoms with E-state index in [1.54, 1.807) is 0 Å². The van der Waals surface area contributed by atoms with E-state index < -0.39 is 0 Å². The number of nitrogens with zero attached hydrogens (tertiary/aromatic N) is 8. The molecule has 8 nitrogen and oxygen atoms in total. The van der Waals surface area contributed by atoms with Crippen molar-refractivity contribution in [1.82, 2.24) is 39.9 Å². The Bertz CT molecular complexity index is 3360. The van der Waals surface area contributed by atoms with Crippen LogP contribution < -0.4 is 0 Å². The van der Waals surface area contributed by atoms with Crippen LogP contribution in [0.4, 0.5) is 0 Å². The van der Waals surface area contributed by atoms with E-state index in [4.69, 9.17) is 15.0 Å². The van der Waals surface area contributed by atoms with Gasteiger partial charge in [0.25, 0.3) is 0 Å². The van der Waals surface area contributed by atoms with Gasteiger partial charge in [-0.05, 0) is 197 Å². The van der Waals surface area contributed by atoms with Crippen molar-refractivity contribution in [3.8, 4) is 44.5 Å². The minimum Gasteiger partial charge on any atom is -0.260 e. The highest BCUT2D eigenvalue weighted by Gasteiger charge is 2.27. The van der Waals surface area contributed by atoms with Crippen LogP contribution in [0.2, 0.25) is 0 Å². The predicted octanol–water partition coefficient (Wildman–Crippen LogP) is 13.1. The summed E-state index contributed by atoms with van der Waals surface area (Å²) in [5.74, 6) is 0. The quantitative estimate of drug-likeness (QED) is 0.148. The van der Waals surface area contributed by atoms with Gasteiger partial charge in [0.05, 0.1) is 45.6 Å². The van der Waals surface area contributed by atoms with E-state index in [-0.39, 0.29) is 0 Å². The van der Waals surface area contributed by atoms with Crippen LogP contribution in [0.1, 0.15) is 135 Å². The van der Waals surface area contributed by atoms with E-state index in [1.165, 1.54) is 140 Å². The highest BCUT2D eigenvalue weighted by atomic mass is 14.8. The first kappa shape index (κ1) is 46.3. The lowest BCUT2D eigenvalue weighted by Crippen LogP contribution is -1.97. The predicted molar refractivity (Wildman–Crippen MR) is 277 cm³/mol. The summed E-state index contributed by atoms with van der Waals surface area (Å²) in [5.41, 5.74) is 39.3. The van der Waals surface area contributed by atoms with Gasteiger partial charge in [-0.15, -0.1) is 0 Å². The molecule has 8 aromatic heterocycles. The fourth-order valence-electron chi connectivity index (χ4n) is 10.2. The van der Waals surface area contributed by atoms with Gasteiger partial charge < -0.3 is 0 Å². The van der Waals surface area contributed by atoms with Gasteiger partial charge in [0.1, 0.15) is 0 Å². The largest absolute Gasteiger partial charge is 0.260 e. The van der Waals surface area contributed by atoms with Crippen molar-refractivity contribution in [3.05, 3.63) is 184 Å². The maximum absolute atomic E-state index is 4.72. The van der Waals surface area contributed by atoms with E-state index in [0.717, 1.165) is 65.5 Å². The maximum Gasteiger partial charge on any atom is 0.0548 e. The molecule has 0 saturated carbocycles. The van der Waals surface area contributed by atoms with E-state index in [2.05, 4.69) is 171 Å². The molecule has 0 unspecified atom stereocenters. The summed E-state index contributed by atoms with van der Waals surface area (Å²) >= 11 is 0. The molecule has 0 bridgehead atoms. The van der Waals surface area contributed by atoms with Crippen LogP contribution in [0.5, 0.6) is 0 Å². The monoisotopic (exact) mass is 897 g/mol. The molecule has 0 radical (unpaired) electrons. The number of aryl methyl sites for hydroxylation is 13. The number of aromatic nitrogens is 8. The Morgan fingerprint density at radius 3 is 1.22 bits per heavy atom. The zero-order valence-electron chi connectivity index (χ0n) is 43.0. The first-order chi connectivity index (χ1) is 32.3. The Hall–Kier alpha value is -6.80. The second-order valence-corrected chi connectivity index (χ2v) is 19.8. The molecule has 8 heterocycles. The molecule has 8 aromatic rings. The Morgan fingerprint density at radius 2 is 0.676 bits per heavy atom. The van der Waals surface area contributed by atoms with Crippen molar-refractivity contribution in [3.63, 3.8) is 0 Å². The standard InChI is InChI=1S/4C15H16N2/c1-8-6-12-13(17-11(8)4)7-14-15(12)9(2)5-10(3)16-14;1-8-5-12-13(17-11(8)4)6-14-15(12)10(3)9(2)7-16-14;1-8-5-12-13-6-9(2)11(4)17-15(13)7-14(12)16-10(8)3;1-8-5-6-12-13(16-8)7-14-15(12)10(3)9(2)11(4)17-14/h5-6H,7H2,1-4H3;5,7H,6H2,1-4H3;2*5-6H,7H2,1-4H3. The Kier molecular flexibility index (Phi) is 12.1. The Balaban J connectivity index is 0.000000113. The van der Waals surface area contributed by atoms with Gasteiger partial charge in [0, 0.05) is 116 Å². The number of hydrogen-bond acceptors (Lipinski definition) is 8. The molecule has 344 valence electrons. The zero-order valence-corrected chi connectivity index (χ0v) is 43.0. The number of rotatable bonds is 0. The topological polar surface area (TPSA) is 103 Å². The highest BCUT2D eigenvalue weighted by molar-refractivity contribution is 5.80. The smallest absolute Gasteiger partial charge is 0.0548 e. The van der Waals surface area contributed by atoms with Gasteiger partial charge in [0.2, 0.25) is 0 Å². The average molecular weight is 897 g/mol. The number of pyridine rings is 8. The third kappa shape index (κ3) is 8.33. The molecule has 8 heteroatoms. The van der Waals surface area contributed by atoms with Crippen molar-refractivity contribution >= 4 is 0 Å². The van der Waals surface area contributed by atoms with Crippen LogP contribution >= 0.6 is 0 Å². The maximum atomic E-state index is 4.72. The van der Waals surface area contributed by atoms with Crippen molar-refractivity contribution in [2.45, 2.75) is 136 Å². The molecule has 0 spiro atoms. The molecule has 12 rings (SSSR count). The molecule has 68 heavy (non-hydrogen) atoms. The van der Waals surface area contributed by atoms with Crippen LogP contribution in [-0.2, 0) is 25.7 Å². The lowest BCUT2D eigenvalue weighted by Gasteiger charge is -2.10. The number of fused-ring (bicyclic) bond motifs is 12. The van der Waals surface area contributed by atoms with Crippen molar-refractivity contribution < 1.29 is 0 Å². The summed E-state index contributed by atoms with van der Waals surface area (Å²) in [6.07, 6.45) is 5.50. The third-order valence-corrected chi connectivity index (χ3v) is 14.9. The van der Waals surface area contributed by atoms with Crippen LogP contribution in [0.15, 0.2) is 48.7 Å². The van der Waals surface area contributed by atoms with Crippen molar-refractivity contribution in [2.24, 2.45) is 0 Å². The van der Waals surface area contributed by atoms with Gasteiger partial charge in [-0.2, -0.15) is 0 Å². The first-order valence-corrected chi connectivity index (χ1v) is 24.0. The van der Waals surface area contributed by atoms with Crippen LogP contribution in [0, 0.1) is 111 Å². The fraction of sp³-hybridized carbons (Fsp3) is 0.333. The fourth-order valence-corrected chi connectivity index (χ4v) is 10.2. The van der Waals surface area contributed by atoms with Gasteiger partial charge >= 0.3 is 0 Å². The van der Waals surface area contributed by atoms with Crippen LogP contribution in [-0.4, -0.2) is 39.9 Å². The summed E-state index contributed by atoms with van der Waals surface area (Å²) in [6.45, 7) is 33.8. The molecule has 4 aliphatic carbocycles. The molecule has 0 amide bonds. The second kappa shape index (κ2) is 17.7.